The van der Waals surface area contributed by atoms with Gasteiger partial charge in [-0.3, -0.25) is 0 Å². The van der Waals surface area contributed by atoms with Gasteiger partial charge >= 0.3 is 0 Å². The lowest BCUT2D eigenvalue weighted by Gasteiger charge is -2.37. The van der Waals surface area contributed by atoms with Crippen LogP contribution in [0.15, 0.2) is 18.2 Å². The molecule has 1 aromatic carbocycles. The summed E-state index contributed by atoms with van der Waals surface area (Å²) in [5.41, 5.74) is 8.99. The summed E-state index contributed by atoms with van der Waals surface area (Å²) in [5.74, 6) is 0. The van der Waals surface area contributed by atoms with E-state index >= 15 is 0 Å². The second-order valence-corrected chi connectivity index (χ2v) is 6.30. The molecule has 0 saturated heterocycles. The van der Waals surface area contributed by atoms with Gasteiger partial charge in [0.05, 0.1) is 10.4 Å². The van der Waals surface area contributed by atoms with Crippen LogP contribution in [-0.2, 0) is 5.41 Å². The molecule has 3 rings (SSSR count). The predicted molar refractivity (Wildman–Crippen MR) is 78.2 cm³/mol. The number of rotatable bonds is 2. The first-order chi connectivity index (χ1) is 8.77. The smallest absolute Gasteiger partial charge is 0.0592 e. The van der Waals surface area contributed by atoms with E-state index in [0.29, 0.717) is 0 Å². The minimum Gasteiger partial charge on any atom is -0.330 e. The summed E-state index contributed by atoms with van der Waals surface area (Å²) in [7, 11) is 0. The Morgan fingerprint density at radius 2 is 2.06 bits per heavy atom. The van der Waals surface area contributed by atoms with Crippen molar-refractivity contribution in [3.05, 3.63) is 29.5 Å². The van der Waals surface area contributed by atoms with Gasteiger partial charge in [0.15, 0.2) is 0 Å². The third kappa shape index (κ3) is 1.77. The van der Waals surface area contributed by atoms with Crippen molar-refractivity contribution in [2.75, 3.05) is 6.54 Å². The average Bonchev–Trinajstić information content (AvgIpc) is 2.81. The molecule has 3 heteroatoms. The molecule has 0 amide bonds. The van der Waals surface area contributed by atoms with Gasteiger partial charge in [-0.1, -0.05) is 31.4 Å². The van der Waals surface area contributed by atoms with Crippen LogP contribution in [0.25, 0.3) is 10.1 Å². The zero-order valence-electron chi connectivity index (χ0n) is 10.9. The van der Waals surface area contributed by atoms with Gasteiger partial charge in [-0.25, -0.2) is 0 Å². The molecule has 1 aromatic heterocycles. The van der Waals surface area contributed by atoms with Gasteiger partial charge in [0, 0.05) is 17.3 Å². The Morgan fingerprint density at radius 1 is 1.28 bits per heavy atom. The van der Waals surface area contributed by atoms with Crippen LogP contribution in [-0.4, -0.2) is 10.9 Å². The topological polar surface area (TPSA) is 38.9 Å². The van der Waals surface area contributed by atoms with E-state index in [1.807, 2.05) is 0 Å². The normalized spacial score (nSPS) is 19.2. The zero-order valence-corrected chi connectivity index (χ0v) is 11.7. The van der Waals surface area contributed by atoms with Crippen LogP contribution >= 0.6 is 11.5 Å². The lowest BCUT2D eigenvalue weighted by atomic mass is 9.68. The van der Waals surface area contributed by atoms with Crippen LogP contribution in [0.2, 0.25) is 0 Å². The molecule has 1 fully saturated rings. The molecule has 1 aliphatic carbocycles. The van der Waals surface area contributed by atoms with Crippen LogP contribution in [0.3, 0.4) is 0 Å². The Morgan fingerprint density at radius 3 is 2.78 bits per heavy atom. The summed E-state index contributed by atoms with van der Waals surface area (Å²) in [6, 6.07) is 6.62. The van der Waals surface area contributed by atoms with Crippen molar-refractivity contribution >= 4 is 21.6 Å². The maximum atomic E-state index is 6.16. The van der Waals surface area contributed by atoms with E-state index in [9.17, 15) is 0 Å². The van der Waals surface area contributed by atoms with Crippen LogP contribution < -0.4 is 5.73 Å². The summed E-state index contributed by atoms with van der Waals surface area (Å²) in [5, 5.41) is 1.37. The fourth-order valence-electron chi connectivity index (χ4n) is 3.40. The van der Waals surface area contributed by atoms with E-state index in [1.54, 1.807) is 11.5 Å². The molecule has 18 heavy (non-hydrogen) atoms. The number of benzene rings is 1. The van der Waals surface area contributed by atoms with E-state index in [0.717, 1.165) is 6.54 Å². The van der Waals surface area contributed by atoms with Crippen LogP contribution in [0, 0.1) is 6.92 Å². The minimum atomic E-state index is 0.200. The molecule has 2 nitrogen and oxygen atoms in total. The Bertz CT molecular complexity index is 553. The third-order valence-corrected chi connectivity index (χ3v) is 5.34. The van der Waals surface area contributed by atoms with Gasteiger partial charge in [-0.15, -0.1) is 0 Å². The fourth-order valence-corrected chi connectivity index (χ4v) is 4.21. The van der Waals surface area contributed by atoms with E-state index < -0.39 is 0 Å². The number of aryl methyl sites for hydroxylation is 1. The average molecular weight is 260 g/mol. The molecule has 0 aliphatic heterocycles. The van der Waals surface area contributed by atoms with E-state index in [-0.39, 0.29) is 5.41 Å². The van der Waals surface area contributed by atoms with Crippen molar-refractivity contribution in [3.63, 3.8) is 0 Å². The monoisotopic (exact) mass is 260 g/mol. The van der Waals surface area contributed by atoms with Gasteiger partial charge in [0.2, 0.25) is 0 Å². The van der Waals surface area contributed by atoms with Gasteiger partial charge in [-0.05, 0) is 42.9 Å². The quantitative estimate of drug-likeness (QED) is 0.892. The van der Waals surface area contributed by atoms with Crippen LogP contribution in [0.4, 0.5) is 0 Å². The molecule has 0 unspecified atom stereocenters. The Kier molecular flexibility index (Phi) is 3.12. The van der Waals surface area contributed by atoms with Crippen molar-refractivity contribution in [2.24, 2.45) is 5.73 Å². The van der Waals surface area contributed by atoms with Gasteiger partial charge in [0.25, 0.3) is 0 Å². The van der Waals surface area contributed by atoms with Gasteiger partial charge < -0.3 is 5.73 Å². The van der Waals surface area contributed by atoms with Crippen molar-refractivity contribution in [3.8, 4) is 0 Å². The van der Waals surface area contributed by atoms with Crippen molar-refractivity contribution in [1.29, 1.82) is 0 Å². The van der Waals surface area contributed by atoms with Gasteiger partial charge in [-0.2, -0.15) is 4.37 Å². The molecular formula is C15H20N2S. The number of fused-ring (bicyclic) bond motifs is 1. The Balaban J connectivity index is 2.20. The molecule has 1 saturated carbocycles. The fraction of sp³-hybridized carbons (Fsp3) is 0.533. The highest BCUT2D eigenvalue weighted by atomic mass is 32.1. The lowest BCUT2D eigenvalue weighted by Crippen LogP contribution is -2.37. The van der Waals surface area contributed by atoms with Crippen molar-refractivity contribution < 1.29 is 0 Å². The third-order valence-electron chi connectivity index (χ3n) is 4.44. The summed E-state index contributed by atoms with van der Waals surface area (Å²) < 4.78 is 5.83. The molecule has 0 bridgehead atoms. The SMILES string of the molecule is Cc1nsc2cccc(C3(CN)CCCCC3)c12. The maximum Gasteiger partial charge on any atom is 0.0592 e. The number of nitrogens with two attached hydrogens (primary N) is 1. The lowest BCUT2D eigenvalue weighted by molar-refractivity contribution is 0.303. The standard InChI is InChI=1S/C15H20N2S/c1-11-14-12(6-5-7-13(14)18-17-11)15(10-16)8-3-2-4-9-15/h5-7H,2-4,8-10,16H2,1H3. The highest BCUT2D eigenvalue weighted by Gasteiger charge is 2.34. The van der Waals surface area contributed by atoms with Crippen molar-refractivity contribution in [1.82, 2.24) is 4.37 Å². The van der Waals surface area contributed by atoms with Crippen molar-refractivity contribution in [2.45, 2.75) is 44.4 Å². The summed E-state index contributed by atoms with van der Waals surface area (Å²) >= 11 is 1.61. The molecule has 1 aliphatic rings. The van der Waals surface area contributed by atoms with E-state index in [1.165, 1.54) is 53.4 Å². The Labute approximate surface area is 112 Å². The molecule has 0 radical (unpaired) electrons. The number of hydrogen-bond acceptors (Lipinski definition) is 3. The number of aromatic nitrogens is 1. The number of hydrogen-bond donors (Lipinski definition) is 1. The largest absolute Gasteiger partial charge is 0.330 e. The first-order valence-electron chi connectivity index (χ1n) is 6.82. The first-order valence-corrected chi connectivity index (χ1v) is 7.60. The summed E-state index contributed by atoms with van der Waals surface area (Å²) in [6.45, 7) is 2.89. The van der Waals surface area contributed by atoms with Gasteiger partial charge in [0.1, 0.15) is 0 Å². The molecule has 0 spiro atoms. The predicted octanol–water partition coefficient (Wildman–Crippen LogP) is 3.77. The summed E-state index contributed by atoms with van der Waals surface area (Å²) in [4.78, 5) is 0. The van der Waals surface area contributed by atoms with E-state index in [4.69, 9.17) is 5.73 Å². The molecular weight excluding hydrogens is 240 g/mol. The second-order valence-electron chi connectivity index (χ2n) is 5.49. The maximum absolute atomic E-state index is 6.16. The highest BCUT2D eigenvalue weighted by Crippen LogP contribution is 2.42. The Hall–Kier alpha value is -0.930. The first kappa shape index (κ1) is 12.1. The zero-order chi connectivity index (χ0) is 12.6. The molecule has 96 valence electrons. The van der Waals surface area contributed by atoms with Crippen LogP contribution in [0.5, 0.6) is 0 Å². The molecule has 2 N–H and O–H groups in total. The highest BCUT2D eigenvalue weighted by molar-refractivity contribution is 7.13. The van der Waals surface area contributed by atoms with Crippen LogP contribution in [0.1, 0.15) is 43.4 Å². The molecule has 2 aromatic rings. The summed E-state index contributed by atoms with van der Waals surface area (Å²) in [6.07, 6.45) is 6.45. The molecule has 1 heterocycles. The second kappa shape index (κ2) is 4.63. The van der Waals surface area contributed by atoms with E-state index in [2.05, 4.69) is 29.5 Å². The number of nitrogens with zero attached hydrogens (tertiary/aromatic N) is 1. The minimum absolute atomic E-state index is 0.200. The molecule has 0 atom stereocenters.